The molecule has 88 valence electrons. The third kappa shape index (κ3) is 6.76. The van der Waals surface area contributed by atoms with E-state index < -0.39 is 23.0 Å². The van der Waals surface area contributed by atoms with Gasteiger partial charge in [-0.05, 0) is 0 Å². The molecule has 0 aliphatic carbocycles. The molecule has 0 fully saturated rings. The lowest BCUT2D eigenvalue weighted by molar-refractivity contribution is -0.482. The topological polar surface area (TPSA) is 178 Å². The minimum absolute atomic E-state index is 0.761. The molecule has 0 spiro atoms. The molecule has 0 radical (unpaired) electrons. The maximum atomic E-state index is 10.4. The highest BCUT2D eigenvalue weighted by molar-refractivity contribution is 5.87. The number of carbonyl (C=O) groups is 2. The summed E-state index contributed by atoms with van der Waals surface area (Å²) in [6, 6.07) is -3.37. The number of nitrogens with zero attached hydrogens (tertiary/aromatic N) is 3. The lowest BCUT2D eigenvalue weighted by Crippen LogP contribution is -2.30. The van der Waals surface area contributed by atoms with Crippen molar-refractivity contribution in [1.82, 2.24) is 10.9 Å². The largest absolute Gasteiger partial charge is 0.350 e. The van der Waals surface area contributed by atoms with Crippen LogP contribution in [0.4, 0.5) is 9.59 Å². The number of hydrogen-bond acceptors (Lipinski definition) is 6. The van der Waals surface area contributed by atoms with E-state index in [1.165, 1.54) is 0 Å². The zero-order valence-electron chi connectivity index (χ0n) is 7.86. The molecule has 0 atom stereocenters. The fraction of sp³-hybridized carbons (Fsp3) is 0.200. The van der Waals surface area contributed by atoms with Gasteiger partial charge in [-0.1, -0.05) is 0 Å². The van der Waals surface area contributed by atoms with Gasteiger partial charge in [0.15, 0.2) is 0 Å². The lowest BCUT2D eigenvalue weighted by atomic mass is 10.4. The molecule has 0 aromatic heterocycles. The van der Waals surface area contributed by atoms with E-state index in [-0.39, 0.29) is 0 Å². The zero-order chi connectivity index (χ0) is 12.6. The quantitative estimate of drug-likeness (QED) is 0.241. The molecular formula is C5H9N7O4. The van der Waals surface area contributed by atoms with Crippen LogP contribution in [0.15, 0.2) is 10.2 Å². The SMILES string of the molecule is NC(=O)N/N=C\C(/C=N\NC(N)=O)[N+](=O)[O-]. The van der Waals surface area contributed by atoms with Crippen molar-refractivity contribution in [2.75, 3.05) is 0 Å². The Balaban J connectivity index is 4.33. The van der Waals surface area contributed by atoms with Crippen LogP contribution in [0.1, 0.15) is 0 Å². The van der Waals surface area contributed by atoms with Crippen molar-refractivity contribution in [3.05, 3.63) is 10.1 Å². The van der Waals surface area contributed by atoms with Crippen molar-refractivity contribution in [1.29, 1.82) is 0 Å². The maximum Gasteiger partial charge on any atom is 0.332 e. The first-order chi connectivity index (χ1) is 7.43. The first kappa shape index (κ1) is 13.3. The highest BCUT2D eigenvalue weighted by atomic mass is 16.6. The Morgan fingerprint density at radius 3 is 1.81 bits per heavy atom. The van der Waals surface area contributed by atoms with Crippen LogP contribution < -0.4 is 22.3 Å². The molecule has 0 rings (SSSR count). The van der Waals surface area contributed by atoms with Crippen molar-refractivity contribution >= 4 is 24.5 Å². The van der Waals surface area contributed by atoms with Crippen LogP contribution in [0.3, 0.4) is 0 Å². The second-order valence-electron chi connectivity index (χ2n) is 2.28. The summed E-state index contributed by atoms with van der Waals surface area (Å²) in [6.45, 7) is 0. The van der Waals surface area contributed by atoms with Crippen LogP contribution in [0.25, 0.3) is 0 Å². The number of nitrogens with two attached hydrogens (primary N) is 2. The van der Waals surface area contributed by atoms with E-state index in [2.05, 4.69) is 21.7 Å². The van der Waals surface area contributed by atoms with Crippen LogP contribution in [0.2, 0.25) is 0 Å². The highest BCUT2D eigenvalue weighted by Crippen LogP contribution is 1.81. The van der Waals surface area contributed by atoms with Gasteiger partial charge in [-0.2, -0.15) is 10.2 Å². The Bertz CT molecular complexity index is 312. The van der Waals surface area contributed by atoms with Gasteiger partial charge in [-0.25, -0.2) is 20.4 Å². The van der Waals surface area contributed by atoms with Gasteiger partial charge < -0.3 is 11.5 Å². The van der Waals surface area contributed by atoms with Crippen LogP contribution in [-0.2, 0) is 0 Å². The molecule has 0 heterocycles. The van der Waals surface area contributed by atoms with Crippen LogP contribution in [-0.4, -0.2) is 35.5 Å². The van der Waals surface area contributed by atoms with Gasteiger partial charge in [-0.15, -0.1) is 0 Å². The van der Waals surface area contributed by atoms with E-state index in [9.17, 15) is 19.7 Å². The van der Waals surface area contributed by atoms with E-state index in [0.717, 1.165) is 12.4 Å². The minimum atomic E-state index is -1.43. The molecule has 0 unspecified atom stereocenters. The summed E-state index contributed by atoms with van der Waals surface area (Å²) < 4.78 is 0. The Morgan fingerprint density at radius 2 is 1.56 bits per heavy atom. The van der Waals surface area contributed by atoms with Crippen LogP contribution in [0, 0.1) is 10.1 Å². The second kappa shape index (κ2) is 6.69. The molecule has 0 saturated carbocycles. The number of carbonyl (C=O) groups excluding carboxylic acids is 2. The van der Waals surface area contributed by atoms with E-state index in [1.807, 2.05) is 0 Å². The number of hydrogen-bond donors (Lipinski definition) is 4. The van der Waals surface area contributed by atoms with Gasteiger partial charge >= 0.3 is 12.1 Å². The summed E-state index contributed by atoms with van der Waals surface area (Å²) in [5, 5.41) is 16.7. The normalized spacial score (nSPS) is 10.8. The van der Waals surface area contributed by atoms with Crippen molar-refractivity contribution in [2.24, 2.45) is 21.7 Å². The average Bonchev–Trinajstić information content (AvgIpc) is 2.14. The monoisotopic (exact) mass is 231 g/mol. The summed E-state index contributed by atoms with van der Waals surface area (Å²) in [4.78, 5) is 30.0. The van der Waals surface area contributed by atoms with E-state index in [1.54, 1.807) is 10.9 Å². The van der Waals surface area contributed by atoms with Crippen LogP contribution in [0.5, 0.6) is 0 Å². The number of rotatable bonds is 5. The molecule has 0 saturated heterocycles. The summed E-state index contributed by atoms with van der Waals surface area (Å²) in [5.41, 5.74) is 12.8. The number of hydrazone groups is 2. The van der Waals surface area contributed by atoms with Crippen molar-refractivity contribution < 1.29 is 14.5 Å². The summed E-state index contributed by atoms with van der Waals surface area (Å²) in [7, 11) is 0. The number of nitrogens with one attached hydrogen (secondary N) is 2. The Hall–Kier alpha value is -2.72. The summed E-state index contributed by atoms with van der Waals surface area (Å²) in [5.74, 6) is 0. The van der Waals surface area contributed by atoms with E-state index in [0.29, 0.717) is 0 Å². The third-order valence-corrected chi connectivity index (χ3v) is 1.05. The molecule has 0 aliphatic heterocycles. The first-order valence-electron chi connectivity index (χ1n) is 3.74. The van der Waals surface area contributed by atoms with Crippen molar-refractivity contribution in [3.8, 4) is 0 Å². The molecule has 0 bridgehead atoms. The van der Waals surface area contributed by atoms with Gasteiger partial charge in [0.05, 0.1) is 0 Å². The predicted molar refractivity (Wildman–Crippen MR) is 53.2 cm³/mol. The molecule has 16 heavy (non-hydrogen) atoms. The maximum absolute atomic E-state index is 10.4. The zero-order valence-corrected chi connectivity index (χ0v) is 7.86. The molecule has 0 aliphatic rings. The molecule has 4 amide bonds. The minimum Gasteiger partial charge on any atom is -0.350 e. The number of nitro groups is 1. The fourth-order valence-corrected chi connectivity index (χ4v) is 0.502. The first-order valence-corrected chi connectivity index (χ1v) is 3.74. The Labute approximate surface area is 88.7 Å². The van der Waals surface area contributed by atoms with Gasteiger partial charge in [-0.3, -0.25) is 10.1 Å². The van der Waals surface area contributed by atoms with Crippen LogP contribution >= 0.6 is 0 Å². The smallest absolute Gasteiger partial charge is 0.332 e. The summed E-state index contributed by atoms with van der Waals surface area (Å²) in [6.07, 6.45) is 1.52. The third-order valence-electron chi connectivity index (χ3n) is 1.05. The molecule has 0 aromatic rings. The second-order valence-corrected chi connectivity index (χ2v) is 2.28. The Morgan fingerprint density at radius 1 is 1.19 bits per heavy atom. The average molecular weight is 231 g/mol. The molecule has 0 aromatic carbocycles. The van der Waals surface area contributed by atoms with Gasteiger partial charge in [0.25, 0.3) is 6.04 Å². The Kier molecular flexibility index (Phi) is 5.55. The number of urea groups is 2. The van der Waals surface area contributed by atoms with E-state index in [4.69, 9.17) is 0 Å². The van der Waals surface area contributed by atoms with Crippen molar-refractivity contribution in [2.45, 2.75) is 6.04 Å². The number of amides is 4. The molecular weight excluding hydrogens is 222 g/mol. The van der Waals surface area contributed by atoms with Gasteiger partial charge in [0.1, 0.15) is 12.4 Å². The van der Waals surface area contributed by atoms with E-state index >= 15 is 0 Å². The van der Waals surface area contributed by atoms with Gasteiger partial charge in [0, 0.05) is 4.92 Å². The molecule has 6 N–H and O–H groups in total. The summed E-state index contributed by atoms with van der Waals surface area (Å²) >= 11 is 0. The molecule has 11 heteroatoms. The molecule has 11 nitrogen and oxygen atoms in total. The van der Waals surface area contributed by atoms with Crippen molar-refractivity contribution in [3.63, 3.8) is 0 Å². The lowest BCUT2D eigenvalue weighted by Gasteiger charge is -1.97. The van der Waals surface area contributed by atoms with Gasteiger partial charge in [0.2, 0.25) is 0 Å². The number of primary amides is 2. The predicted octanol–water partition coefficient (Wildman–Crippen LogP) is -2.06. The standard InChI is InChI=1S/C5H9N7O4/c6-4(13)10-8-1-3(12(15)16)2-9-11-5(7)14/h1-3H,(H3,6,10,13)(H3,7,11,14)/b8-1-,9-2-. The highest BCUT2D eigenvalue weighted by Gasteiger charge is 2.13. The fourth-order valence-electron chi connectivity index (χ4n) is 0.502.